The lowest BCUT2D eigenvalue weighted by Crippen LogP contribution is -2.19. The van der Waals surface area contributed by atoms with Crippen LogP contribution in [-0.2, 0) is 12.8 Å². The van der Waals surface area contributed by atoms with Crippen molar-refractivity contribution >= 4 is 17.4 Å². The summed E-state index contributed by atoms with van der Waals surface area (Å²) in [6.07, 6.45) is 41.0. The van der Waals surface area contributed by atoms with E-state index in [0.29, 0.717) is 0 Å². The monoisotopic (exact) mass is 661 g/mol. The number of urea groups is 1. The summed E-state index contributed by atoms with van der Waals surface area (Å²) in [7, 11) is 0. The highest BCUT2D eigenvalue weighted by Gasteiger charge is 2.05. The van der Waals surface area contributed by atoms with Gasteiger partial charge in [0, 0.05) is 11.4 Å². The van der Waals surface area contributed by atoms with Gasteiger partial charge in [0.2, 0.25) is 0 Å². The van der Waals surface area contributed by atoms with Crippen molar-refractivity contribution in [3.63, 3.8) is 0 Å². The van der Waals surface area contributed by atoms with E-state index in [4.69, 9.17) is 0 Å². The molecule has 2 rings (SSSR count). The van der Waals surface area contributed by atoms with Crippen LogP contribution in [0.25, 0.3) is 0 Å². The summed E-state index contributed by atoms with van der Waals surface area (Å²) in [6.45, 7) is 4.58. The van der Waals surface area contributed by atoms with Gasteiger partial charge in [0.15, 0.2) is 0 Å². The first-order chi connectivity index (χ1) is 23.7. The molecule has 0 aliphatic carbocycles. The molecule has 272 valence electrons. The molecule has 3 nitrogen and oxygen atoms in total. The third kappa shape index (κ3) is 23.9. The molecule has 0 saturated heterocycles. The summed E-state index contributed by atoms with van der Waals surface area (Å²) < 4.78 is 0. The largest absolute Gasteiger partial charge is 0.323 e. The Labute approximate surface area is 298 Å². The van der Waals surface area contributed by atoms with E-state index >= 15 is 0 Å². The average molecular weight is 661 g/mol. The highest BCUT2D eigenvalue weighted by atomic mass is 16.2. The number of benzene rings is 2. The third-order valence-electron chi connectivity index (χ3n) is 10.0. The highest BCUT2D eigenvalue weighted by Crippen LogP contribution is 2.19. The van der Waals surface area contributed by atoms with E-state index in [-0.39, 0.29) is 6.03 Å². The molecule has 2 N–H and O–H groups in total. The summed E-state index contributed by atoms with van der Waals surface area (Å²) >= 11 is 0. The minimum absolute atomic E-state index is 0.169. The predicted octanol–water partition coefficient (Wildman–Crippen LogP) is 15.4. The molecule has 2 aromatic carbocycles. The molecule has 48 heavy (non-hydrogen) atoms. The van der Waals surface area contributed by atoms with Crippen LogP contribution in [0, 0.1) is 0 Å². The van der Waals surface area contributed by atoms with Crippen LogP contribution in [0.2, 0.25) is 0 Å². The fourth-order valence-corrected chi connectivity index (χ4v) is 6.95. The predicted molar refractivity (Wildman–Crippen MR) is 214 cm³/mol. The second-order valence-corrected chi connectivity index (χ2v) is 14.7. The van der Waals surface area contributed by atoms with Crippen LogP contribution in [0.1, 0.15) is 205 Å². The van der Waals surface area contributed by atoms with Gasteiger partial charge in [-0.25, -0.2) is 4.79 Å². The van der Waals surface area contributed by atoms with Crippen LogP contribution < -0.4 is 10.6 Å². The molecule has 0 bridgehead atoms. The number of aryl methyl sites for hydroxylation is 2. The number of anilines is 2. The zero-order valence-corrected chi connectivity index (χ0v) is 31.7. The zero-order chi connectivity index (χ0) is 34.2. The van der Waals surface area contributed by atoms with E-state index in [1.54, 1.807) is 0 Å². The Bertz CT molecular complexity index is 938. The maximum Gasteiger partial charge on any atom is 0.323 e. The molecule has 0 unspecified atom stereocenters. The van der Waals surface area contributed by atoms with Crippen molar-refractivity contribution in [3.8, 4) is 0 Å². The zero-order valence-electron chi connectivity index (χ0n) is 31.7. The first kappa shape index (κ1) is 41.9. The van der Waals surface area contributed by atoms with E-state index in [1.807, 2.05) is 12.1 Å². The number of hydrogen-bond donors (Lipinski definition) is 2. The number of nitrogens with one attached hydrogen (secondary N) is 2. The van der Waals surface area contributed by atoms with Crippen molar-refractivity contribution in [2.45, 2.75) is 206 Å². The van der Waals surface area contributed by atoms with Gasteiger partial charge in [0.05, 0.1) is 0 Å². The molecule has 0 spiro atoms. The third-order valence-corrected chi connectivity index (χ3v) is 10.0. The van der Waals surface area contributed by atoms with Crippen LogP contribution in [0.15, 0.2) is 48.5 Å². The standard InChI is InChI=1S/C45H76N2O/c1-3-5-7-9-11-13-15-17-19-21-23-25-27-29-33-41-35-31-37-43(39-41)46-45(48)47-44-38-32-36-42(40-44)34-30-28-26-24-22-20-18-16-14-12-10-8-6-4-2/h31-32,35-40H,3-30,33-34H2,1-2H3,(H2,46,47,48). The van der Waals surface area contributed by atoms with Crippen molar-refractivity contribution in [2.24, 2.45) is 0 Å². The number of unbranched alkanes of at least 4 members (excludes halogenated alkanes) is 26. The second-order valence-electron chi connectivity index (χ2n) is 14.7. The van der Waals surface area contributed by atoms with Gasteiger partial charge in [-0.1, -0.05) is 205 Å². The second kappa shape index (κ2) is 30.7. The summed E-state index contributed by atoms with van der Waals surface area (Å²) in [5, 5.41) is 6.10. The topological polar surface area (TPSA) is 41.1 Å². The molecule has 0 saturated carbocycles. The van der Waals surface area contributed by atoms with Crippen LogP contribution in [-0.4, -0.2) is 6.03 Å². The molecular weight excluding hydrogens is 585 g/mol. The Kier molecular flexibility index (Phi) is 26.8. The Morgan fingerprint density at radius 3 is 0.958 bits per heavy atom. The van der Waals surface area contributed by atoms with Gasteiger partial charge >= 0.3 is 6.03 Å². The number of rotatable bonds is 32. The lowest BCUT2D eigenvalue weighted by atomic mass is 10.0. The summed E-state index contributed by atoms with van der Waals surface area (Å²) in [4.78, 5) is 12.8. The van der Waals surface area contributed by atoms with Crippen molar-refractivity contribution < 1.29 is 4.79 Å². The molecule has 3 heteroatoms. The lowest BCUT2D eigenvalue weighted by molar-refractivity contribution is 0.262. The number of carbonyl (C=O) groups is 1. The normalized spacial score (nSPS) is 11.2. The van der Waals surface area contributed by atoms with Gasteiger partial charge in [-0.15, -0.1) is 0 Å². The molecule has 0 heterocycles. The van der Waals surface area contributed by atoms with E-state index in [2.05, 4.69) is 60.9 Å². The maximum absolute atomic E-state index is 12.8. The summed E-state index contributed by atoms with van der Waals surface area (Å²) in [6, 6.07) is 16.6. The average Bonchev–Trinajstić information content (AvgIpc) is 3.09. The van der Waals surface area contributed by atoms with Crippen molar-refractivity contribution in [2.75, 3.05) is 10.6 Å². The fourth-order valence-electron chi connectivity index (χ4n) is 6.95. The van der Waals surface area contributed by atoms with Gasteiger partial charge in [-0.05, 0) is 61.1 Å². The highest BCUT2D eigenvalue weighted by molar-refractivity contribution is 5.99. The Balaban J connectivity index is 1.49. The van der Waals surface area contributed by atoms with Crippen LogP contribution >= 0.6 is 0 Å². The van der Waals surface area contributed by atoms with Crippen molar-refractivity contribution in [1.29, 1.82) is 0 Å². The van der Waals surface area contributed by atoms with Gasteiger partial charge in [0.25, 0.3) is 0 Å². The van der Waals surface area contributed by atoms with Crippen LogP contribution in [0.5, 0.6) is 0 Å². The summed E-state index contributed by atoms with van der Waals surface area (Å²) in [5.41, 5.74) is 4.35. The maximum atomic E-state index is 12.8. The van der Waals surface area contributed by atoms with Crippen LogP contribution in [0.4, 0.5) is 16.2 Å². The Hall–Kier alpha value is -2.29. The first-order valence-electron chi connectivity index (χ1n) is 21.0. The molecule has 0 aliphatic rings. The van der Waals surface area contributed by atoms with E-state index in [1.165, 1.54) is 191 Å². The number of hydrogen-bond acceptors (Lipinski definition) is 1. The molecular formula is C45H76N2O. The van der Waals surface area contributed by atoms with E-state index in [9.17, 15) is 4.79 Å². The quantitative estimate of drug-likeness (QED) is 0.0753. The minimum atomic E-state index is -0.169. The first-order valence-corrected chi connectivity index (χ1v) is 21.0. The van der Waals surface area contributed by atoms with Gasteiger partial charge in [-0.3, -0.25) is 0 Å². The van der Waals surface area contributed by atoms with E-state index < -0.39 is 0 Å². The molecule has 0 radical (unpaired) electrons. The van der Waals surface area contributed by atoms with Gasteiger partial charge in [0.1, 0.15) is 0 Å². The number of carbonyl (C=O) groups excluding carboxylic acids is 1. The molecule has 0 aliphatic heterocycles. The van der Waals surface area contributed by atoms with Crippen LogP contribution in [0.3, 0.4) is 0 Å². The summed E-state index contributed by atoms with van der Waals surface area (Å²) in [5.74, 6) is 0. The fraction of sp³-hybridized carbons (Fsp3) is 0.711. The van der Waals surface area contributed by atoms with Crippen molar-refractivity contribution in [3.05, 3.63) is 59.7 Å². The molecule has 0 fully saturated rings. The SMILES string of the molecule is CCCCCCCCCCCCCCCCc1cccc(NC(=O)Nc2cccc(CCCCCCCCCCCCCCCC)c2)c1. The Morgan fingerprint density at radius 1 is 0.396 bits per heavy atom. The lowest BCUT2D eigenvalue weighted by Gasteiger charge is -2.10. The molecule has 0 aromatic heterocycles. The molecule has 2 aromatic rings. The smallest absolute Gasteiger partial charge is 0.308 e. The van der Waals surface area contributed by atoms with Gasteiger partial charge in [-0.2, -0.15) is 0 Å². The minimum Gasteiger partial charge on any atom is -0.308 e. The number of amides is 2. The van der Waals surface area contributed by atoms with Gasteiger partial charge < -0.3 is 10.6 Å². The molecule has 2 amide bonds. The Morgan fingerprint density at radius 2 is 0.667 bits per heavy atom. The van der Waals surface area contributed by atoms with E-state index in [0.717, 1.165) is 24.2 Å². The molecule has 0 atom stereocenters. The van der Waals surface area contributed by atoms with Crippen molar-refractivity contribution in [1.82, 2.24) is 0 Å².